The number of benzene rings is 2. The van der Waals surface area contributed by atoms with Crippen molar-refractivity contribution in [2.45, 2.75) is 47.1 Å². The molecule has 4 aromatic rings. The maximum Gasteiger partial charge on any atom is 0.296 e. The Morgan fingerprint density at radius 1 is 0.946 bits per heavy atom. The van der Waals surface area contributed by atoms with Gasteiger partial charge in [0.1, 0.15) is 11.4 Å². The summed E-state index contributed by atoms with van der Waals surface area (Å²) in [7, 11) is 0. The molecule has 0 saturated heterocycles. The van der Waals surface area contributed by atoms with Crippen LogP contribution in [0.15, 0.2) is 57.7 Å². The lowest BCUT2D eigenvalue weighted by Crippen LogP contribution is -2.30. The third-order valence-corrected chi connectivity index (χ3v) is 6.65. The average molecular weight is 499 g/mol. The molecule has 2 aromatic heterocycles. The Hall–Kier alpha value is -4.13. The highest BCUT2D eigenvalue weighted by Gasteiger charge is 2.44. The number of fused-ring (bicyclic) bond motifs is 2. The van der Waals surface area contributed by atoms with Crippen LogP contribution in [0, 0.1) is 20.8 Å². The number of hydrogen-bond acceptors (Lipinski definition) is 6. The predicted octanol–water partition coefficient (Wildman–Crippen LogP) is 6.05. The number of pyridine rings is 1. The molecule has 0 N–H and O–H groups in total. The highest BCUT2D eigenvalue weighted by Crippen LogP contribution is 2.43. The first-order valence-electron chi connectivity index (χ1n) is 12.6. The first kappa shape index (κ1) is 24.6. The minimum Gasteiger partial charge on any atom is -0.490 e. The number of hydrogen-bond donors (Lipinski definition) is 0. The van der Waals surface area contributed by atoms with Crippen LogP contribution in [0.2, 0.25) is 0 Å². The summed E-state index contributed by atoms with van der Waals surface area (Å²) < 4.78 is 17.9. The third kappa shape index (κ3) is 4.24. The molecule has 3 heterocycles. The maximum absolute atomic E-state index is 14.0. The van der Waals surface area contributed by atoms with Gasteiger partial charge in [-0.1, -0.05) is 19.1 Å². The molecule has 7 nitrogen and oxygen atoms in total. The quantitative estimate of drug-likeness (QED) is 0.308. The summed E-state index contributed by atoms with van der Waals surface area (Å²) in [6.07, 6.45) is 0.859. The lowest BCUT2D eigenvalue weighted by atomic mass is 9.97. The van der Waals surface area contributed by atoms with Crippen LogP contribution in [0.4, 0.5) is 5.82 Å². The molecule has 1 amide bonds. The van der Waals surface area contributed by atoms with Crippen LogP contribution in [-0.2, 0) is 0 Å². The smallest absolute Gasteiger partial charge is 0.296 e. The van der Waals surface area contributed by atoms with Crippen molar-refractivity contribution in [1.29, 1.82) is 0 Å². The van der Waals surface area contributed by atoms with E-state index in [0.29, 0.717) is 52.6 Å². The van der Waals surface area contributed by atoms with E-state index in [2.05, 4.69) is 4.98 Å². The largest absolute Gasteiger partial charge is 0.490 e. The van der Waals surface area contributed by atoms with Crippen LogP contribution in [0.3, 0.4) is 0 Å². The zero-order valence-corrected chi connectivity index (χ0v) is 21.8. The molecule has 1 aliphatic rings. The first-order valence-corrected chi connectivity index (χ1v) is 12.6. The predicted molar refractivity (Wildman–Crippen MR) is 143 cm³/mol. The van der Waals surface area contributed by atoms with E-state index in [0.717, 1.165) is 23.2 Å². The van der Waals surface area contributed by atoms with E-state index in [4.69, 9.17) is 13.9 Å². The first-order chi connectivity index (χ1) is 17.8. The lowest BCUT2D eigenvalue weighted by molar-refractivity contribution is 0.0970. The van der Waals surface area contributed by atoms with Crippen LogP contribution >= 0.6 is 0 Å². The van der Waals surface area contributed by atoms with Gasteiger partial charge < -0.3 is 13.9 Å². The molecule has 0 fully saturated rings. The van der Waals surface area contributed by atoms with E-state index >= 15 is 0 Å². The molecule has 37 heavy (non-hydrogen) atoms. The number of nitrogens with zero attached hydrogens (tertiary/aromatic N) is 2. The van der Waals surface area contributed by atoms with Crippen molar-refractivity contribution in [2.24, 2.45) is 0 Å². The summed E-state index contributed by atoms with van der Waals surface area (Å²) in [4.78, 5) is 34.0. The van der Waals surface area contributed by atoms with E-state index < -0.39 is 11.9 Å². The van der Waals surface area contributed by atoms with Crippen molar-refractivity contribution in [3.05, 3.63) is 92.5 Å². The topological polar surface area (TPSA) is 81.9 Å². The summed E-state index contributed by atoms with van der Waals surface area (Å²) in [5.74, 6) is 1.26. The van der Waals surface area contributed by atoms with Gasteiger partial charge in [0, 0.05) is 5.69 Å². The molecular formula is C30H30N2O5. The van der Waals surface area contributed by atoms with E-state index in [1.54, 1.807) is 11.0 Å². The maximum atomic E-state index is 14.0. The van der Waals surface area contributed by atoms with Crippen molar-refractivity contribution in [3.8, 4) is 11.5 Å². The molecule has 5 rings (SSSR count). The fourth-order valence-corrected chi connectivity index (χ4v) is 4.74. The molecule has 1 unspecified atom stereocenters. The zero-order chi connectivity index (χ0) is 26.3. The summed E-state index contributed by atoms with van der Waals surface area (Å²) >= 11 is 0. The van der Waals surface area contributed by atoms with Crippen LogP contribution in [0.25, 0.3) is 11.0 Å². The molecule has 0 saturated carbocycles. The standard InChI is InChI=1S/C30H30N2O5/c1-6-13-36-22-12-11-20(16-24(22)35-7-2)27-26-28(33)21-14-17(3)18(4)15-23(21)37-29(26)30(34)32(27)25-10-8-9-19(5)31-25/h8-12,14-16,27H,6-7,13H2,1-5H3. The summed E-state index contributed by atoms with van der Waals surface area (Å²) in [5.41, 5.74) is 3.90. The Bertz CT molecular complexity index is 1570. The number of aryl methyl sites for hydroxylation is 3. The molecule has 2 aromatic carbocycles. The summed E-state index contributed by atoms with van der Waals surface area (Å²) in [6.45, 7) is 10.7. The highest BCUT2D eigenvalue weighted by atomic mass is 16.5. The number of rotatable bonds is 7. The van der Waals surface area contributed by atoms with Crippen LogP contribution in [0.1, 0.15) is 64.8 Å². The van der Waals surface area contributed by atoms with E-state index in [9.17, 15) is 9.59 Å². The van der Waals surface area contributed by atoms with Gasteiger partial charge in [-0.15, -0.1) is 0 Å². The third-order valence-electron chi connectivity index (χ3n) is 6.65. The van der Waals surface area contributed by atoms with Crippen molar-refractivity contribution in [2.75, 3.05) is 18.1 Å². The van der Waals surface area contributed by atoms with Gasteiger partial charge in [-0.2, -0.15) is 0 Å². The highest BCUT2D eigenvalue weighted by molar-refractivity contribution is 6.10. The normalized spacial score (nSPS) is 14.8. The van der Waals surface area contributed by atoms with Gasteiger partial charge >= 0.3 is 0 Å². The second kappa shape index (κ2) is 9.73. The number of aromatic nitrogens is 1. The molecule has 0 bridgehead atoms. The monoisotopic (exact) mass is 498 g/mol. The number of anilines is 1. The van der Waals surface area contributed by atoms with Crippen molar-refractivity contribution < 1.29 is 18.7 Å². The molecule has 190 valence electrons. The van der Waals surface area contributed by atoms with E-state index in [1.165, 1.54) is 0 Å². The second-order valence-electron chi connectivity index (χ2n) is 9.31. The Morgan fingerprint density at radius 2 is 1.73 bits per heavy atom. The minimum atomic E-state index is -0.738. The van der Waals surface area contributed by atoms with Crippen LogP contribution in [-0.4, -0.2) is 24.1 Å². The number of carbonyl (C=O) groups excluding carboxylic acids is 1. The molecule has 0 spiro atoms. The molecule has 1 atom stereocenters. The lowest BCUT2D eigenvalue weighted by Gasteiger charge is -2.25. The van der Waals surface area contributed by atoms with Gasteiger partial charge in [-0.25, -0.2) is 4.98 Å². The fourth-order valence-electron chi connectivity index (χ4n) is 4.74. The molecule has 1 aliphatic heterocycles. The van der Waals surface area contributed by atoms with E-state index in [1.807, 2.05) is 77.1 Å². The SMILES string of the molecule is CCCOc1ccc(C2c3c(oc4cc(C)c(C)cc4c3=O)C(=O)N2c2cccc(C)n2)cc1OCC. The Labute approximate surface area is 215 Å². The van der Waals surface area contributed by atoms with Gasteiger partial charge in [0.15, 0.2) is 16.9 Å². The van der Waals surface area contributed by atoms with Gasteiger partial charge in [0.05, 0.1) is 30.2 Å². The average Bonchev–Trinajstić information content (AvgIpc) is 3.17. The summed E-state index contributed by atoms with van der Waals surface area (Å²) in [5, 5.41) is 0.451. The van der Waals surface area contributed by atoms with Crippen molar-refractivity contribution in [3.63, 3.8) is 0 Å². The van der Waals surface area contributed by atoms with Crippen LogP contribution < -0.4 is 19.8 Å². The van der Waals surface area contributed by atoms with Crippen molar-refractivity contribution >= 4 is 22.7 Å². The van der Waals surface area contributed by atoms with E-state index in [-0.39, 0.29) is 11.2 Å². The molecule has 7 heteroatoms. The summed E-state index contributed by atoms with van der Waals surface area (Å²) in [6, 6.07) is 13.9. The number of ether oxygens (including phenoxy) is 2. The van der Waals surface area contributed by atoms with Gasteiger partial charge in [-0.3, -0.25) is 14.5 Å². The van der Waals surface area contributed by atoms with Crippen LogP contribution in [0.5, 0.6) is 11.5 Å². The Balaban J connectivity index is 1.77. The Morgan fingerprint density at radius 3 is 2.46 bits per heavy atom. The van der Waals surface area contributed by atoms with Crippen molar-refractivity contribution in [1.82, 2.24) is 4.98 Å². The fraction of sp³-hybridized carbons (Fsp3) is 0.300. The Kier molecular flexibility index (Phi) is 6.46. The number of amides is 1. The molecular weight excluding hydrogens is 468 g/mol. The second-order valence-corrected chi connectivity index (χ2v) is 9.31. The molecule has 0 aliphatic carbocycles. The van der Waals surface area contributed by atoms with Gasteiger partial charge in [0.25, 0.3) is 5.91 Å². The molecule has 0 radical (unpaired) electrons. The van der Waals surface area contributed by atoms with Gasteiger partial charge in [0.2, 0.25) is 5.76 Å². The van der Waals surface area contributed by atoms with Gasteiger partial charge in [-0.05, 0) is 87.2 Å². The number of carbonyl (C=O) groups is 1. The zero-order valence-electron chi connectivity index (χ0n) is 21.8. The minimum absolute atomic E-state index is 0.0401.